The van der Waals surface area contributed by atoms with Crippen LogP contribution in [0.25, 0.3) is 0 Å². The van der Waals surface area contributed by atoms with Gasteiger partial charge in [0.1, 0.15) is 0 Å². The molecular weight excluding hydrogens is 352 g/mol. The highest BCUT2D eigenvalue weighted by molar-refractivity contribution is 4.90. The Labute approximate surface area is 184 Å². The monoisotopic (exact) mass is 406 g/mol. The van der Waals surface area contributed by atoms with Crippen molar-refractivity contribution in [3.63, 3.8) is 0 Å². The molecule has 0 aliphatic heterocycles. The number of ether oxygens (including phenoxy) is 1. The molecule has 1 nitrogen and oxygen atoms in total. The summed E-state index contributed by atoms with van der Waals surface area (Å²) in [7, 11) is 0. The van der Waals surface area contributed by atoms with Crippen LogP contribution in [0, 0.1) is 17.8 Å². The Bertz CT molecular complexity index is 374. The lowest BCUT2D eigenvalue weighted by Gasteiger charge is -2.44. The van der Waals surface area contributed by atoms with E-state index in [9.17, 15) is 0 Å². The summed E-state index contributed by atoms with van der Waals surface area (Å²) >= 11 is 0. The van der Waals surface area contributed by atoms with E-state index in [1.165, 1.54) is 128 Å². The molecule has 2 aliphatic rings. The maximum Gasteiger partial charge on any atom is 0.0682 e. The summed E-state index contributed by atoms with van der Waals surface area (Å²) in [5.41, 5.74) is 0.243. The van der Waals surface area contributed by atoms with Crippen LogP contribution in [0.5, 0.6) is 0 Å². The summed E-state index contributed by atoms with van der Waals surface area (Å²) in [6.07, 6.45) is 28.8. The zero-order chi connectivity index (χ0) is 20.8. The maximum absolute atomic E-state index is 6.40. The average Bonchev–Trinajstić information content (AvgIpc) is 2.75. The van der Waals surface area contributed by atoms with Gasteiger partial charge in [-0.15, -0.1) is 0 Å². The van der Waals surface area contributed by atoms with Gasteiger partial charge in [-0.25, -0.2) is 0 Å². The number of hydrogen-bond acceptors (Lipinski definition) is 1. The molecule has 2 saturated carbocycles. The summed E-state index contributed by atoms with van der Waals surface area (Å²) in [5, 5.41) is 0. The topological polar surface area (TPSA) is 9.23 Å². The largest absolute Gasteiger partial charge is 0.375 e. The van der Waals surface area contributed by atoms with E-state index in [-0.39, 0.29) is 5.60 Å². The Morgan fingerprint density at radius 1 is 0.621 bits per heavy atom. The van der Waals surface area contributed by atoms with Crippen molar-refractivity contribution in [1.29, 1.82) is 0 Å². The van der Waals surface area contributed by atoms with Crippen molar-refractivity contribution in [2.45, 2.75) is 155 Å². The van der Waals surface area contributed by atoms with Gasteiger partial charge in [-0.3, -0.25) is 0 Å². The Morgan fingerprint density at radius 2 is 1.17 bits per heavy atom. The van der Waals surface area contributed by atoms with Crippen LogP contribution < -0.4 is 0 Å². The van der Waals surface area contributed by atoms with Gasteiger partial charge in [0.05, 0.1) is 5.60 Å². The lowest BCUT2D eigenvalue weighted by Crippen LogP contribution is -2.39. The van der Waals surface area contributed by atoms with Gasteiger partial charge < -0.3 is 4.74 Å². The second-order valence-corrected chi connectivity index (χ2v) is 10.6. The van der Waals surface area contributed by atoms with Crippen LogP contribution >= 0.6 is 0 Å². The molecule has 0 aromatic carbocycles. The smallest absolute Gasteiger partial charge is 0.0682 e. The minimum absolute atomic E-state index is 0.243. The first kappa shape index (κ1) is 25.2. The first-order valence-electron chi connectivity index (χ1n) is 13.9. The van der Waals surface area contributed by atoms with E-state index in [1.54, 1.807) is 0 Å². The molecule has 0 spiro atoms. The van der Waals surface area contributed by atoms with E-state index in [0.717, 1.165) is 24.4 Å². The van der Waals surface area contributed by atoms with Gasteiger partial charge >= 0.3 is 0 Å². The Balaban J connectivity index is 1.64. The minimum Gasteiger partial charge on any atom is -0.375 e. The molecule has 0 N–H and O–H groups in total. The normalized spacial score (nSPS) is 30.5. The van der Waals surface area contributed by atoms with Crippen LogP contribution in [0.4, 0.5) is 0 Å². The van der Waals surface area contributed by atoms with Crippen molar-refractivity contribution in [3.05, 3.63) is 0 Å². The molecule has 0 radical (unpaired) electrons. The van der Waals surface area contributed by atoms with Crippen molar-refractivity contribution in [2.24, 2.45) is 17.8 Å². The third-order valence-electron chi connectivity index (χ3n) is 8.40. The quantitative estimate of drug-likeness (QED) is 0.246. The second kappa shape index (κ2) is 14.9. The fourth-order valence-electron chi connectivity index (χ4n) is 6.45. The van der Waals surface area contributed by atoms with Crippen LogP contribution in [0.2, 0.25) is 0 Å². The first-order valence-corrected chi connectivity index (χ1v) is 13.9. The van der Waals surface area contributed by atoms with Gasteiger partial charge in [0.25, 0.3) is 0 Å². The molecule has 0 amide bonds. The van der Waals surface area contributed by atoms with Gasteiger partial charge in [0.2, 0.25) is 0 Å². The van der Waals surface area contributed by atoms with Crippen molar-refractivity contribution in [2.75, 3.05) is 6.61 Å². The highest BCUT2D eigenvalue weighted by Gasteiger charge is 2.38. The molecule has 0 aromatic rings. The Kier molecular flexibility index (Phi) is 12.9. The molecule has 0 bridgehead atoms. The highest BCUT2D eigenvalue weighted by Crippen LogP contribution is 2.45. The number of rotatable bonds is 15. The van der Waals surface area contributed by atoms with Crippen molar-refractivity contribution < 1.29 is 4.74 Å². The molecule has 0 saturated heterocycles. The highest BCUT2D eigenvalue weighted by atomic mass is 16.5. The maximum atomic E-state index is 6.40. The van der Waals surface area contributed by atoms with E-state index >= 15 is 0 Å². The second-order valence-electron chi connectivity index (χ2n) is 10.6. The summed E-state index contributed by atoms with van der Waals surface area (Å²) in [4.78, 5) is 0. The van der Waals surface area contributed by atoms with Crippen LogP contribution in [0.1, 0.15) is 149 Å². The number of unbranched alkanes of at least 4 members (excludes halogenated alkanes) is 8. The summed E-state index contributed by atoms with van der Waals surface area (Å²) in [5.74, 6) is 3.10. The van der Waals surface area contributed by atoms with Gasteiger partial charge in [-0.05, 0) is 69.6 Å². The molecule has 2 rings (SSSR count). The first-order chi connectivity index (χ1) is 14.2. The van der Waals surface area contributed by atoms with E-state index in [1.807, 2.05) is 0 Å². The van der Waals surface area contributed by atoms with Crippen LogP contribution in [0.3, 0.4) is 0 Å². The molecule has 0 heterocycles. The molecule has 0 atom stereocenters. The Hall–Kier alpha value is -0.0400. The van der Waals surface area contributed by atoms with Crippen LogP contribution in [-0.2, 0) is 4.74 Å². The standard InChI is InChI=1S/C28H54O/c1-4-7-9-11-13-15-25-16-18-26(19-17-25)27-20-23-28(24-21-27,29-6-3)22-14-12-10-8-5-2/h25-27H,4-24H2,1-3H3/t25?,26?,27-,28+. The van der Waals surface area contributed by atoms with E-state index in [0.29, 0.717) is 0 Å². The lowest BCUT2D eigenvalue weighted by molar-refractivity contribution is -0.0855. The van der Waals surface area contributed by atoms with Gasteiger partial charge in [0, 0.05) is 6.61 Å². The zero-order valence-electron chi connectivity index (χ0n) is 20.5. The molecule has 2 fully saturated rings. The van der Waals surface area contributed by atoms with Crippen LogP contribution in [-0.4, -0.2) is 12.2 Å². The third kappa shape index (κ3) is 9.32. The predicted molar refractivity (Wildman–Crippen MR) is 129 cm³/mol. The number of hydrogen-bond donors (Lipinski definition) is 0. The van der Waals surface area contributed by atoms with Gasteiger partial charge in [-0.2, -0.15) is 0 Å². The van der Waals surface area contributed by atoms with E-state index in [2.05, 4.69) is 20.8 Å². The van der Waals surface area contributed by atoms with Gasteiger partial charge in [0.15, 0.2) is 0 Å². The van der Waals surface area contributed by atoms with Gasteiger partial charge in [-0.1, -0.05) is 97.3 Å². The molecule has 0 aromatic heterocycles. The SMILES string of the molecule is CCCCCCCC1CCC([C@H]2CC[C@@](CCCCCCC)(OCC)CC2)CC1. The molecule has 1 heteroatoms. The minimum atomic E-state index is 0.243. The van der Waals surface area contributed by atoms with Crippen LogP contribution in [0.15, 0.2) is 0 Å². The van der Waals surface area contributed by atoms with Crippen molar-refractivity contribution in [1.82, 2.24) is 0 Å². The fraction of sp³-hybridized carbons (Fsp3) is 1.00. The molecule has 0 unspecified atom stereocenters. The Morgan fingerprint density at radius 3 is 1.76 bits per heavy atom. The van der Waals surface area contributed by atoms with E-state index < -0.39 is 0 Å². The summed E-state index contributed by atoms with van der Waals surface area (Å²) < 4.78 is 6.40. The molecule has 29 heavy (non-hydrogen) atoms. The predicted octanol–water partition coefficient (Wildman–Crippen LogP) is 9.48. The summed E-state index contributed by atoms with van der Waals surface area (Å²) in [6, 6.07) is 0. The molecular formula is C28H54O. The van der Waals surface area contributed by atoms with Crippen molar-refractivity contribution in [3.8, 4) is 0 Å². The third-order valence-corrected chi connectivity index (χ3v) is 8.40. The zero-order valence-corrected chi connectivity index (χ0v) is 20.5. The molecule has 2 aliphatic carbocycles. The molecule has 172 valence electrons. The van der Waals surface area contributed by atoms with E-state index in [4.69, 9.17) is 4.74 Å². The fourth-order valence-corrected chi connectivity index (χ4v) is 6.45. The average molecular weight is 407 g/mol. The lowest BCUT2D eigenvalue weighted by atomic mass is 9.67. The summed E-state index contributed by atoms with van der Waals surface area (Å²) in [6.45, 7) is 7.74. The van der Waals surface area contributed by atoms with Crippen molar-refractivity contribution >= 4 is 0 Å².